The number of rotatable bonds is 9. The second-order valence-electron chi connectivity index (χ2n) is 7.62. The number of thioether (sulfide) groups is 1. The van der Waals surface area contributed by atoms with Crippen LogP contribution in [0.2, 0.25) is 0 Å². The van der Waals surface area contributed by atoms with Crippen molar-refractivity contribution in [3.63, 3.8) is 0 Å². The number of unbranched alkanes of at least 4 members (excludes halogenated alkanes) is 5. The first-order chi connectivity index (χ1) is 14.0. The zero-order valence-electron chi connectivity index (χ0n) is 17.6. The monoisotopic (exact) mass is 415 g/mol. The number of amides is 3. The number of urea groups is 1. The molecule has 0 aliphatic carbocycles. The fraction of sp³-hybridized carbons (Fsp3) is 0.545. The lowest BCUT2D eigenvalue weighted by Crippen LogP contribution is -2.61. The summed E-state index contributed by atoms with van der Waals surface area (Å²) in [6.45, 7) is 2.83. The van der Waals surface area contributed by atoms with Gasteiger partial charge in [0.15, 0.2) is 0 Å². The highest BCUT2D eigenvalue weighted by molar-refractivity contribution is 8.13. The van der Waals surface area contributed by atoms with E-state index in [4.69, 9.17) is 4.99 Å². The normalized spacial score (nSPS) is 19.1. The molecule has 1 fully saturated rings. The van der Waals surface area contributed by atoms with E-state index in [1.807, 2.05) is 22.8 Å². The first-order valence-corrected chi connectivity index (χ1v) is 11.5. The number of hydrogen-bond acceptors (Lipinski definition) is 4. The summed E-state index contributed by atoms with van der Waals surface area (Å²) in [6, 6.07) is 9.24. The third kappa shape index (κ3) is 4.89. The maximum Gasteiger partial charge on any atom is 0.358 e. The van der Waals surface area contributed by atoms with Gasteiger partial charge in [0.2, 0.25) is 0 Å². The smallest absolute Gasteiger partial charge is 0.269 e. The third-order valence-corrected chi connectivity index (χ3v) is 6.50. The number of likely N-dealkylation sites (N-methyl/N-ethyl adjacent to an activating group) is 2. The molecule has 1 aromatic carbocycles. The van der Waals surface area contributed by atoms with Crippen molar-refractivity contribution in [1.29, 1.82) is 0 Å². The Hall–Kier alpha value is -2.15. The van der Waals surface area contributed by atoms with Crippen LogP contribution in [0.5, 0.6) is 0 Å². The molecule has 3 rings (SSSR count). The van der Waals surface area contributed by atoms with Gasteiger partial charge >= 0.3 is 11.2 Å². The molecule has 0 radical (unpaired) electrons. The van der Waals surface area contributed by atoms with Gasteiger partial charge in [-0.2, -0.15) is 0 Å². The molecule has 1 atom stereocenters. The van der Waals surface area contributed by atoms with E-state index >= 15 is 0 Å². The standard InChI is InChI=1S/C22H31N4O2S/c1-4-5-6-7-8-12-15-29-21-23-19-18(20(27)25(3)22(28)24(19)2)26(21)16-17-13-10-9-11-14-17/h9-11,13-14,18H,4-8,12,15-16H2,1-3H3/q+1. The van der Waals surface area contributed by atoms with Crippen LogP contribution in [0, 0.1) is 0 Å². The maximum atomic E-state index is 12.9. The van der Waals surface area contributed by atoms with Crippen LogP contribution in [0.25, 0.3) is 0 Å². The number of carbonyl (C=O) groups excluding carboxylic acids is 2. The summed E-state index contributed by atoms with van der Waals surface area (Å²) in [6.07, 6.45) is 7.49. The highest BCUT2D eigenvalue weighted by atomic mass is 32.2. The fourth-order valence-corrected chi connectivity index (χ4v) is 4.70. The molecule has 0 bridgehead atoms. The second-order valence-corrected chi connectivity index (χ2v) is 8.69. The lowest BCUT2D eigenvalue weighted by molar-refractivity contribution is -0.548. The van der Waals surface area contributed by atoms with Crippen molar-refractivity contribution >= 4 is 34.7 Å². The fourth-order valence-electron chi connectivity index (χ4n) is 3.68. The predicted octanol–water partition coefficient (Wildman–Crippen LogP) is 3.95. The van der Waals surface area contributed by atoms with Crippen molar-refractivity contribution in [1.82, 2.24) is 9.80 Å². The molecule has 156 valence electrons. The Morgan fingerprint density at radius 2 is 1.69 bits per heavy atom. The van der Waals surface area contributed by atoms with E-state index in [0.29, 0.717) is 12.4 Å². The van der Waals surface area contributed by atoms with Gasteiger partial charge in [0, 0.05) is 19.8 Å². The molecular weight excluding hydrogens is 384 g/mol. The highest BCUT2D eigenvalue weighted by Crippen LogP contribution is 2.25. The molecule has 1 unspecified atom stereocenters. The Morgan fingerprint density at radius 3 is 2.41 bits per heavy atom. The average Bonchev–Trinajstić information content (AvgIpc) is 3.09. The second kappa shape index (κ2) is 10.1. The van der Waals surface area contributed by atoms with E-state index in [2.05, 4.69) is 19.1 Å². The molecule has 2 aliphatic rings. The highest BCUT2D eigenvalue weighted by Gasteiger charge is 2.53. The van der Waals surface area contributed by atoms with Crippen molar-refractivity contribution in [3.8, 4) is 0 Å². The molecule has 0 aromatic heterocycles. The van der Waals surface area contributed by atoms with E-state index in [9.17, 15) is 9.59 Å². The van der Waals surface area contributed by atoms with Crippen molar-refractivity contribution < 1.29 is 14.2 Å². The van der Waals surface area contributed by atoms with Crippen LogP contribution in [-0.2, 0) is 11.3 Å². The molecule has 29 heavy (non-hydrogen) atoms. The van der Waals surface area contributed by atoms with Gasteiger partial charge in [0.25, 0.3) is 17.8 Å². The first kappa shape index (κ1) is 21.6. The summed E-state index contributed by atoms with van der Waals surface area (Å²) in [5.74, 6) is 1.30. The summed E-state index contributed by atoms with van der Waals surface area (Å²) < 4.78 is 2.05. The Balaban J connectivity index is 1.75. The molecule has 7 heteroatoms. The van der Waals surface area contributed by atoms with Crippen molar-refractivity contribution in [3.05, 3.63) is 35.9 Å². The van der Waals surface area contributed by atoms with Crippen LogP contribution in [0.15, 0.2) is 35.3 Å². The number of nitrogens with zero attached hydrogens (tertiary/aromatic N) is 4. The molecular formula is C22H31N4O2S+. The van der Waals surface area contributed by atoms with Crippen LogP contribution >= 0.6 is 11.8 Å². The van der Waals surface area contributed by atoms with Crippen LogP contribution in [0.3, 0.4) is 0 Å². The van der Waals surface area contributed by atoms with Gasteiger partial charge in [-0.3, -0.25) is 14.6 Å². The Kier molecular flexibility index (Phi) is 7.47. The largest absolute Gasteiger partial charge is 0.358 e. The minimum atomic E-state index is -0.532. The minimum absolute atomic E-state index is 0.210. The van der Waals surface area contributed by atoms with Crippen LogP contribution in [0.4, 0.5) is 4.79 Å². The first-order valence-electron chi connectivity index (χ1n) is 10.5. The Bertz CT molecular complexity index is 806. The summed E-state index contributed by atoms with van der Waals surface area (Å²) in [5, 5.41) is 0.839. The van der Waals surface area contributed by atoms with Gasteiger partial charge in [0.1, 0.15) is 6.54 Å². The molecule has 0 spiro atoms. The van der Waals surface area contributed by atoms with Crippen LogP contribution < -0.4 is 0 Å². The molecule has 1 saturated heterocycles. The summed E-state index contributed by atoms with van der Waals surface area (Å²) in [5.41, 5.74) is 1.12. The van der Waals surface area contributed by atoms with Crippen molar-refractivity contribution in [2.24, 2.45) is 4.99 Å². The van der Waals surface area contributed by atoms with Crippen LogP contribution in [0.1, 0.15) is 51.0 Å². The van der Waals surface area contributed by atoms with Gasteiger partial charge in [-0.25, -0.2) is 9.37 Å². The van der Waals surface area contributed by atoms with Gasteiger partial charge in [-0.05, 0) is 28.7 Å². The molecule has 6 nitrogen and oxygen atoms in total. The minimum Gasteiger partial charge on any atom is -0.269 e. The number of hydrogen-bond donors (Lipinski definition) is 0. The third-order valence-electron chi connectivity index (χ3n) is 5.42. The summed E-state index contributed by atoms with van der Waals surface area (Å²) in [4.78, 5) is 32.7. The van der Waals surface area contributed by atoms with Crippen LogP contribution in [-0.4, -0.2) is 63.2 Å². The molecule has 2 heterocycles. The SMILES string of the molecule is CCCCCCCCSC1=[N+](Cc2ccccc2)C2C(=O)N(C)C(=O)N(C)C2=N1. The quantitative estimate of drug-likeness (QED) is 0.453. The van der Waals surface area contributed by atoms with E-state index in [1.54, 1.807) is 25.9 Å². The maximum absolute atomic E-state index is 12.9. The molecule has 3 amide bonds. The lowest BCUT2D eigenvalue weighted by Gasteiger charge is -2.30. The van der Waals surface area contributed by atoms with Gasteiger partial charge in [-0.1, -0.05) is 69.4 Å². The number of aliphatic imine (C=N–C) groups is 1. The number of amidine groups is 2. The summed E-state index contributed by atoms with van der Waals surface area (Å²) >= 11 is 1.69. The van der Waals surface area contributed by atoms with Gasteiger partial charge in [-0.15, -0.1) is 0 Å². The topological polar surface area (TPSA) is 56.0 Å². The summed E-state index contributed by atoms with van der Waals surface area (Å²) in [7, 11) is 3.24. The molecule has 0 saturated carbocycles. The Labute approximate surface area is 177 Å². The van der Waals surface area contributed by atoms with Gasteiger partial charge in [0.05, 0.1) is 0 Å². The average molecular weight is 416 g/mol. The Morgan fingerprint density at radius 1 is 1.00 bits per heavy atom. The predicted molar refractivity (Wildman–Crippen MR) is 118 cm³/mol. The number of fused-ring (bicyclic) bond motifs is 1. The van der Waals surface area contributed by atoms with Crippen molar-refractivity contribution in [2.45, 2.75) is 58.0 Å². The lowest BCUT2D eigenvalue weighted by atomic mass is 10.1. The number of carbonyl (C=O) groups is 2. The van der Waals surface area contributed by atoms with Crippen molar-refractivity contribution in [2.75, 3.05) is 19.8 Å². The van der Waals surface area contributed by atoms with E-state index < -0.39 is 6.04 Å². The zero-order valence-corrected chi connectivity index (χ0v) is 18.5. The number of imide groups is 1. The number of benzene rings is 1. The molecule has 1 aromatic rings. The van der Waals surface area contributed by atoms with E-state index in [0.717, 1.165) is 22.9 Å². The van der Waals surface area contributed by atoms with E-state index in [-0.39, 0.29) is 11.9 Å². The molecule has 0 N–H and O–H groups in total. The molecule has 2 aliphatic heterocycles. The zero-order chi connectivity index (χ0) is 20.8. The van der Waals surface area contributed by atoms with E-state index in [1.165, 1.54) is 41.9 Å². The van der Waals surface area contributed by atoms with Gasteiger partial charge < -0.3 is 0 Å².